The first kappa shape index (κ1) is 49.1. The lowest BCUT2D eigenvalue weighted by Gasteiger charge is -2.42. The van der Waals surface area contributed by atoms with Crippen LogP contribution in [-0.2, 0) is 52.4 Å². The Balaban J connectivity index is 1.30. The van der Waals surface area contributed by atoms with Gasteiger partial charge in [0.05, 0.1) is 11.6 Å². The molecule has 0 bridgehead atoms. The maximum Gasteiger partial charge on any atom is 0.330 e. The van der Waals surface area contributed by atoms with E-state index in [2.05, 4.69) is 4.74 Å². The Morgan fingerprint density at radius 3 is 1.91 bits per heavy atom. The standard InChI is InChI=1S/C42H42O25/c43-18-4-1-16(2-5-18)3-6-30(51)60-14-26-34(55)35(56)37(58)41(65-26)64-25-11-20-23(62-39(25)17-7-21(45)33(54)22(46)8-17)9-19(44)10-24(20)63-42-38(59)36(57)40(67-32(53)13-29(49)50)27(66-42)15-61-31(52)12-28(47)48/h1-11,26-27,34-46,54-59H,12-15H2,(H,47,48)(H,49,50)/p+1/b6-3+/t26-,27-,34+,35-,36+,37+,38+,39?,40+,41+,42+/m0/s1. The van der Waals surface area contributed by atoms with Crippen LogP contribution in [0.1, 0.15) is 35.6 Å². The fourth-order valence-corrected chi connectivity index (χ4v) is 6.81. The number of aromatic hydroxyl groups is 6. The number of carbonyl (C=O) groups excluding carboxylic acids is 3. The van der Waals surface area contributed by atoms with Crippen molar-refractivity contribution in [1.82, 2.24) is 0 Å². The molecule has 3 aromatic carbocycles. The number of benzene rings is 3. The van der Waals surface area contributed by atoms with E-state index < -0.39 is 152 Å². The number of aliphatic carboxylic acids is 2. The summed E-state index contributed by atoms with van der Waals surface area (Å²) < 4.78 is 43.0. The molecule has 0 spiro atoms. The molecule has 0 aliphatic carbocycles. The normalized spacial score (nSPS) is 26.8. The smallest absolute Gasteiger partial charge is 0.330 e. The average Bonchev–Trinajstić information content (AvgIpc) is 3.26. The zero-order chi connectivity index (χ0) is 48.9. The number of aliphatic hydroxyl groups excluding tert-OH is 5. The molecule has 2 saturated heterocycles. The second kappa shape index (κ2) is 20.8. The summed E-state index contributed by atoms with van der Waals surface area (Å²) in [5.74, 6) is -11.0. The molecular weight excluding hydrogens is 904 g/mol. The molecule has 360 valence electrons. The molecule has 67 heavy (non-hydrogen) atoms. The van der Waals surface area contributed by atoms with E-state index in [1.807, 2.05) is 0 Å². The van der Waals surface area contributed by atoms with Crippen LogP contribution in [0.5, 0.6) is 40.2 Å². The zero-order valence-corrected chi connectivity index (χ0v) is 34.2. The molecule has 1 unspecified atom stereocenters. The highest BCUT2D eigenvalue weighted by atomic mass is 16.7. The monoisotopic (exact) mass is 947 g/mol. The van der Waals surface area contributed by atoms with Crippen LogP contribution in [0.15, 0.2) is 60.4 Å². The number of phenols is 5. The highest BCUT2D eigenvalue weighted by Crippen LogP contribution is 2.48. The number of rotatable bonds is 16. The van der Waals surface area contributed by atoms with E-state index in [0.29, 0.717) is 5.56 Å². The van der Waals surface area contributed by atoms with Crippen molar-refractivity contribution >= 4 is 42.0 Å². The van der Waals surface area contributed by atoms with Gasteiger partial charge < -0.3 is 99.2 Å². The fraction of sp³-hybridized carbons (Fsp3) is 0.357. The maximum absolute atomic E-state index is 12.5. The Hall–Kier alpha value is -7.39. The van der Waals surface area contributed by atoms with Crippen LogP contribution in [0.25, 0.3) is 12.2 Å². The van der Waals surface area contributed by atoms with E-state index in [4.69, 9.17) is 43.4 Å². The summed E-state index contributed by atoms with van der Waals surface area (Å²) in [7, 11) is 0. The molecule has 0 amide bonds. The third-order valence-corrected chi connectivity index (χ3v) is 10.1. The van der Waals surface area contributed by atoms with Crippen molar-refractivity contribution in [2.75, 3.05) is 13.2 Å². The zero-order valence-electron chi connectivity index (χ0n) is 34.2. The van der Waals surface area contributed by atoms with Crippen LogP contribution in [0, 0.1) is 0 Å². The number of ether oxygens (including phenoxy) is 8. The Bertz CT molecular complexity index is 2370. The second-order valence-electron chi connectivity index (χ2n) is 15.0. The number of fused-ring (bicyclic) bond motifs is 1. The van der Waals surface area contributed by atoms with E-state index in [1.165, 1.54) is 30.3 Å². The number of hydrogen-bond donors (Lipinski definition) is 12. The number of esters is 3. The van der Waals surface area contributed by atoms with Crippen LogP contribution in [0.4, 0.5) is 0 Å². The third kappa shape index (κ3) is 11.9. The average molecular weight is 948 g/mol. The summed E-state index contributed by atoms with van der Waals surface area (Å²) >= 11 is 0. The fourth-order valence-electron chi connectivity index (χ4n) is 6.81. The molecule has 3 heterocycles. The Labute approximate surface area is 375 Å². The molecule has 2 fully saturated rings. The van der Waals surface area contributed by atoms with Gasteiger partial charge in [-0.15, -0.1) is 0 Å². The van der Waals surface area contributed by atoms with E-state index in [0.717, 1.165) is 36.4 Å². The number of aliphatic hydroxyl groups is 6. The topological polar surface area (TPSA) is 406 Å². The Morgan fingerprint density at radius 1 is 0.657 bits per heavy atom. The lowest BCUT2D eigenvalue weighted by Crippen LogP contribution is -2.61. The molecule has 0 aromatic heterocycles. The number of carboxylic acids is 2. The summed E-state index contributed by atoms with van der Waals surface area (Å²) in [6.07, 6.45) is -19.7. The van der Waals surface area contributed by atoms with Crippen molar-refractivity contribution in [3.63, 3.8) is 0 Å². The second-order valence-corrected chi connectivity index (χ2v) is 15.0. The van der Waals surface area contributed by atoms with Crippen molar-refractivity contribution in [1.29, 1.82) is 0 Å². The van der Waals surface area contributed by atoms with Crippen molar-refractivity contribution in [2.45, 2.75) is 80.4 Å². The molecule has 11 atom stereocenters. The molecular formula is C42H43O25+. The number of carbonyl (C=O) groups is 5. The number of carboxylic acid groups (broad SMARTS) is 2. The predicted octanol–water partition coefficient (Wildman–Crippen LogP) is -1.14. The van der Waals surface area contributed by atoms with Crippen LogP contribution >= 0.6 is 0 Å². The van der Waals surface area contributed by atoms with Crippen molar-refractivity contribution in [3.05, 3.63) is 77.1 Å². The highest BCUT2D eigenvalue weighted by molar-refractivity contribution is 5.90. The van der Waals surface area contributed by atoms with Crippen molar-refractivity contribution < 1.29 is 123 Å². The molecule has 0 saturated carbocycles. The van der Waals surface area contributed by atoms with Gasteiger partial charge in [0.15, 0.2) is 29.1 Å². The lowest BCUT2D eigenvalue weighted by molar-refractivity contribution is -0.296. The predicted molar refractivity (Wildman–Crippen MR) is 214 cm³/mol. The maximum atomic E-state index is 12.5. The van der Waals surface area contributed by atoms with Gasteiger partial charge in [-0.05, 0) is 35.9 Å². The van der Waals surface area contributed by atoms with E-state index >= 15 is 0 Å². The summed E-state index contributed by atoms with van der Waals surface area (Å²) in [6, 6.07) is 9.75. The van der Waals surface area contributed by atoms with Crippen molar-refractivity contribution in [3.8, 4) is 40.2 Å². The molecule has 6 rings (SSSR count). The van der Waals surface area contributed by atoms with Crippen LogP contribution < -0.4 is 4.74 Å². The molecule has 25 heteroatoms. The van der Waals surface area contributed by atoms with Gasteiger partial charge in [-0.3, -0.25) is 19.2 Å². The quantitative estimate of drug-likeness (QED) is 0.0202. The van der Waals surface area contributed by atoms with Gasteiger partial charge in [0.2, 0.25) is 12.6 Å². The van der Waals surface area contributed by atoms with Crippen LogP contribution in [-0.4, -0.2) is 170 Å². The van der Waals surface area contributed by atoms with E-state index in [9.17, 15) is 75.0 Å². The first-order chi connectivity index (χ1) is 31.7. The van der Waals surface area contributed by atoms with Gasteiger partial charge in [0, 0.05) is 18.2 Å². The SMILES string of the molecule is O=C(O)CC(=O)OC[C@@H]1O[C@@H](Oc2cc(O)cc3c2C=C(O[C@@H]2O[C@@H](COC(=O)/C=C/c4ccc(O)cc4)[C@@H](O)[C@H](O)[C@H]2O)C(c2cc(O)c(O)c(O)c2)[OH+]3)[C@H](O)[C@@H](O)[C@@H]1OC(=O)CC(=O)O. The highest BCUT2D eigenvalue weighted by Gasteiger charge is 2.50. The van der Waals surface area contributed by atoms with Crippen molar-refractivity contribution in [2.24, 2.45) is 0 Å². The van der Waals surface area contributed by atoms with Gasteiger partial charge in [-0.2, -0.15) is 0 Å². The Morgan fingerprint density at radius 2 is 1.25 bits per heavy atom. The Kier molecular flexibility index (Phi) is 15.3. The molecule has 3 aliphatic rings. The molecule has 3 aliphatic heterocycles. The minimum atomic E-state index is -2.17. The molecule has 13 N–H and O–H groups in total. The molecule has 0 radical (unpaired) electrons. The van der Waals surface area contributed by atoms with Gasteiger partial charge in [-0.25, -0.2) is 4.79 Å². The van der Waals surface area contributed by atoms with Gasteiger partial charge in [-0.1, -0.05) is 12.1 Å². The molecule has 25 nitrogen and oxygen atoms in total. The van der Waals surface area contributed by atoms with E-state index in [1.54, 1.807) is 0 Å². The lowest BCUT2D eigenvalue weighted by atomic mass is 9.98. The largest absolute Gasteiger partial charge is 0.571 e. The minimum Gasteiger partial charge on any atom is -0.571 e. The summed E-state index contributed by atoms with van der Waals surface area (Å²) in [5, 5.41) is 124. The summed E-state index contributed by atoms with van der Waals surface area (Å²) in [6.45, 7) is -1.65. The van der Waals surface area contributed by atoms with Gasteiger partial charge in [0.25, 0.3) is 11.9 Å². The first-order valence-corrected chi connectivity index (χ1v) is 19.7. The minimum absolute atomic E-state index is 0.0110. The first-order valence-electron chi connectivity index (χ1n) is 19.7. The van der Waals surface area contributed by atoms with Gasteiger partial charge in [0.1, 0.15) is 91.6 Å². The number of phenolic OH excluding ortho intramolecular Hbond substituents is 5. The van der Waals surface area contributed by atoms with Gasteiger partial charge >= 0.3 is 29.8 Å². The van der Waals surface area contributed by atoms with Crippen LogP contribution in [0.2, 0.25) is 0 Å². The molecule has 3 aromatic rings. The number of hydrogen-bond acceptors (Lipinski definition) is 22. The third-order valence-electron chi connectivity index (χ3n) is 10.1. The summed E-state index contributed by atoms with van der Waals surface area (Å²) in [4.78, 5) is 59.1. The van der Waals surface area contributed by atoms with E-state index in [-0.39, 0.29) is 28.4 Å². The van der Waals surface area contributed by atoms with Crippen LogP contribution in [0.3, 0.4) is 0 Å². The summed E-state index contributed by atoms with van der Waals surface area (Å²) in [5.41, 5.74) is 0.271.